The Morgan fingerprint density at radius 1 is 1.15 bits per heavy atom. The zero-order valence-corrected chi connectivity index (χ0v) is 12.8. The van der Waals surface area contributed by atoms with Gasteiger partial charge in [-0.1, -0.05) is 0 Å². The van der Waals surface area contributed by atoms with Gasteiger partial charge in [-0.2, -0.15) is 8.42 Å². The minimum Gasteiger partial charge on any atom is -0.497 e. The smallest absolute Gasteiger partial charge is 0.264 e. The molecule has 0 saturated carbocycles. The molecule has 0 aromatic heterocycles. The summed E-state index contributed by atoms with van der Waals surface area (Å²) in [5.74, 6) is 1.10. The molecule has 0 saturated heterocycles. The van der Waals surface area contributed by atoms with E-state index in [2.05, 4.69) is 0 Å². The standard InChI is InChI=1S/C13H21NO5S/c1-4-14(6-5-7-20(15,16)17)11-8-12(18-2)10-13(9-11)19-3/h8-10H,4-7H2,1-3H3,(H,15,16,17). The highest BCUT2D eigenvalue weighted by Crippen LogP contribution is 2.28. The van der Waals surface area contributed by atoms with Crippen molar-refractivity contribution in [2.45, 2.75) is 13.3 Å². The largest absolute Gasteiger partial charge is 0.497 e. The molecular weight excluding hydrogens is 282 g/mol. The lowest BCUT2D eigenvalue weighted by Gasteiger charge is -2.24. The van der Waals surface area contributed by atoms with Gasteiger partial charge in [-0.05, 0) is 13.3 Å². The average Bonchev–Trinajstić information content (AvgIpc) is 2.41. The van der Waals surface area contributed by atoms with Crippen molar-refractivity contribution in [3.63, 3.8) is 0 Å². The molecule has 20 heavy (non-hydrogen) atoms. The lowest BCUT2D eigenvalue weighted by Crippen LogP contribution is -2.25. The Morgan fingerprint density at radius 3 is 2.10 bits per heavy atom. The molecular formula is C13H21NO5S. The summed E-state index contributed by atoms with van der Waals surface area (Å²) in [7, 11) is -0.759. The molecule has 1 aromatic rings. The van der Waals surface area contributed by atoms with Gasteiger partial charge in [0.05, 0.1) is 20.0 Å². The van der Waals surface area contributed by atoms with E-state index in [-0.39, 0.29) is 5.75 Å². The highest BCUT2D eigenvalue weighted by molar-refractivity contribution is 7.85. The van der Waals surface area contributed by atoms with Gasteiger partial charge in [0.25, 0.3) is 10.1 Å². The molecule has 7 heteroatoms. The third kappa shape index (κ3) is 5.26. The minimum absolute atomic E-state index is 0.245. The monoisotopic (exact) mass is 303 g/mol. The molecule has 1 aromatic carbocycles. The molecule has 0 bridgehead atoms. The number of ether oxygens (including phenoxy) is 2. The fourth-order valence-electron chi connectivity index (χ4n) is 1.88. The van der Waals surface area contributed by atoms with Crippen molar-refractivity contribution in [3.05, 3.63) is 18.2 Å². The normalized spacial score (nSPS) is 11.2. The molecule has 114 valence electrons. The quantitative estimate of drug-likeness (QED) is 0.738. The summed E-state index contributed by atoms with van der Waals surface area (Å²) in [6.45, 7) is 3.20. The van der Waals surface area contributed by atoms with E-state index in [0.717, 1.165) is 5.69 Å². The molecule has 0 atom stereocenters. The topological polar surface area (TPSA) is 76.1 Å². The van der Waals surface area contributed by atoms with Gasteiger partial charge in [0.1, 0.15) is 11.5 Å². The summed E-state index contributed by atoms with van der Waals surface area (Å²) in [5, 5.41) is 0. The molecule has 1 N–H and O–H groups in total. The second-order valence-corrected chi connectivity index (χ2v) is 5.86. The molecule has 0 fully saturated rings. The van der Waals surface area contributed by atoms with Crippen molar-refractivity contribution in [2.75, 3.05) is 38.0 Å². The van der Waals surface area contributed by atoms with Crippen LogP contribution in [0.5, 0.6) is 11.5 Å². The summed E-state index contributed by atoms with van der Waals surface area (Å²) in [6.07, 6.45) is 0.353. The third-order valence-corrected chi connectivity index (χ3v) is 3.72. The Morgan fingerprint density at radius 2 is 1.70 bits per heavy atom. The van der Waals surface area contributed by atoms with Crippen LogP contribution in [-0.2, 0) is 10.1 Å². The Labute approximate surface area is 120 Å². The average molecular weight is 303 g/mol. The second-order valence-electron chi connectivity index (χ2n) is 4.29. The zero-order valence-electron chi connectivity index (χ0n) is 12.0. The zero-order chi connectivity index (χ0) is 15.2. The van der Waals surface area contributed by atoms with E-state index in [9.17, 15) is 8.42 Å². The van der Waals surface area contributed by atoms with Crippen molar-refractivity contribution in [1.82, 2.24) is 0 Å². The van der Waals surface area contributed by atoms with E-state index in [1.165, 1.54) is 0 Å². The first-order valence-corrected chi connectivity index (χ1v) is 7.93. The van der Waals surface area contributed by atoms with Crippen molar-refractivity contribution in [3.8, 4) is 11.5 Å². The number of hydrogen-bond donors (Lipinski definition) is 1. The molecule has 1 rings (SSSR count). The Hall–Kier alpha value is -1.47. The van der Waals surface area contributed by atoms with Gasteiger partial charge in [0, 0.05) is 37.0 Å². The maximum absolute atomic E-state index is 10.7. The molecule has 0 heterocycles. The molecule has 0 aliphatic rings. The van der Waals surface area contributed by atoms with Gasteiger partial charge in [-0.15, -0.1) is 0 Å². The molecule has 0 unspecified atom stereocenters. The molecule has 0 radical (unpaired) electrons. The van der Waals surface area contributed by atoms with E-state index in [1.807, 2.05) is 24.0 Å². The van der Waals surface area contributed by atoms with Gasteiger partial charge in [0.2, 0.25) is 0 Å². The van der Waals surface area contributed by atoms with Crippen molar-refractivity contribution >= 4 is 15.8 Å². The van der Waals surface area contributed by atoms with Crippen LogP contribution in [0, 0.1) is 0 Å². The summed E-state index contributed by atoms with van der Waals surface area (Å²) in [4.78, 5) is 2.00. The lowest BCUT2D eigenvalue weighted by molar-refractivity contribution is 0.394. The lowest BCUT2D eigenvalue weighted by atomic mass is 10.2. The first kappa shape index (κ1) is 16.6. The number of methoxy groups -OCH3 is 2. The van der Waals surface area contributed by atoms with Crippen LogP contribution in [0.15, 0.2) is 18.2 Å². The van der Waals surface area contributed by atoms with Crippen LogP contribution in [0.3, 0.4) is 0 Å². The van der Waals surface area contributed by atoms with E-state index in [0.29, 0.717) is 31.0 Å². The van der Waals surface area contributed by atoms with Crippen molar-refractivity contribution < 1.29 is 22.4 Å². The number of anilines is 1. The minimum atomic E-state index is -3.91. The summed E-state index contributed by atoms with van der Waals surface area (Å²) < 4.78 is 40.6. The fraction of sp³-hybridized carbons (Fsp3) is 0.538. The number of benzene rings is 1. The van der Waals surface area contributed by atoms with Crippen LogP contribution in [-0.4, -0.2) is 46.0 Å². The van der Waals surface area contributed by atoms with Gasteiger partial charge >= 0.3 is 0 Å². The highest BCUT2D eigenvalue weighted by Gasteiger charge is 2.10. The summed E-state index contributed by atoms with van der Waals surface area (Å²) in [6, 6.07) is 5.49. The second kappa shape index (κ2) is 7.35. The molecule has 6 nitrogen and oxygen atoms in total. The van der Waals surface area contributed by atoms with E-state index in [1.54, 1.807) is 20.3 Å². The van der Waals surface area contributed by atoms with E-state index in [4.69, 9.17) is 14.0 Å². The van der Waals surface area contributed by atoms with Crippen LogP contribution < -0.4 is 14.4 Å². The summed E-state index contributed by atoms with van der Waals surface area (Å²) in [5.41, 5.74) is 0.888. The maximum Gasteiger partial charge on any atom is 0.264 e. The van der Waals surface area contributed by atoms with Crippen LogP contribution in [0.25, 0.3) is 0 Å². The van der Waals surface area contributed by atoms with Gasteiger partial charge < -0.3 is 14.4 Å². The molecule has 0 aliphatic carbocycles. The van der Waals surface area contributed by atoms with Crippen LogP contribution in [0.4, 0.5) is 5.69 Å². The van der Waals surface area contributed by atoms with E-state index < -0.39 is 10.1 Å². The first-order chi connectivity index (χ1) is 9.39. The first-order valence-electron chi connectivity index (χ1n) is 6.32. The molecule has 0 aliphatic heterocycles. The molecule has 0 amide bonds. The number of hydrogen-bond acceptors (Lipinski definition) is 5. The highest BCUT2D eigenvalue weighted by atomic mass is 32.2. The fourth-order valence-corrected chi connectivity index (χ4v) is 2.38. The third-order valence-electron chi connectivity index (χ3n) is 2.91. The maximum atomic E-state index is 10.7. The summed E-state index contributed by atoms with van der Waals surface area (Å²) >= 11 is 0. The number of rotatable bonds is 8. The predicted molar refractivity (Wildman–Crippen MR) is 78.5 cm³/mol. The van der Waals surface area contributed by atoms with Crippen molar-refractivity contribution in [2.24, 2.45) is 0 Å². The van der Waals surface area contributed by atoms with Crippen LogP contribution >= 0.6 is 0 Å². The van der Waals surface area contributed by atoms with Gasteiger partial charge in [0.15, 0.2) is 0 Å². The van der Waals surface area contributed by atoms with Crippen LogP contribution in [0.1, 0.15) is 13.3 Å². The SMILES string of the molecule is CCN(CCCS(=O)(=O)O)c1cc(OC)cc(OC)c1. The van der Waals surface area contributed by atoms with E-state index >= 15 is 0 Å². The van der Waals surface area contributed by atoms with Gasteiger partial charge in [-0.3, -0.25) is 4.55 Å². The Balaban J connectivity index is 2.83. The van der Waals surface area contributed by atoms with Crippen LogP contribution in [0.2, 0.25) is 0 Å². The predicted octanol–water partition coefficient (Wildman–Crippen LogP) is 1.81. The Kier molecular flexibility index (Phi) is 6.09. The van der Waals surface area contributed by atoms with Gasteiger partial charge in [-0.25, -0.2) is 0 Å². The number of nitrogens with zero attached hydrogens (tertiary/aromatic N) is 1. The Bertz CT molecular complexity index is 507. The van der Waals surface area contributed by atoms with Crippen molar-refractivity contribution in [1.29, 1.82) is 0 Å². The molecule has 0 spiro atoms.